The Kier molecular flexibility index (Phi) is 6.24. The zero-order valence-corrected chi connectivity index (χ0v) is 20.0. The van der Waals surface area contributed by atoms with Gasteiger partial charge >= 0.3 is 0 Å². The van der Waals surface area contributed by atoms with Crippen LogP contribution in [0.3, 0.4) is 0 Å². The van der Waals surface area contributed by atoms with Crippen LogP contribution in [0, 0.1) is 0 Å². The Morgan fingerprint density at radius 2 is 1.80 bits per heavy atom. The molecule has 5 aromatic rings. The fraction of sp³-hybridized carbons (Fsp3) is 0.154. The normalized spacial score (nSPS) is 12.1. The lowest BCUT2D eigenvalue weighted by molar-refractivity contribution is -0.115. The monoisotopic (exact) mass is 485 g/mol. The van der Waals surface area contributed by atoms with E-state index in [1.165, 1.54) is 11.8 Å². The van der Waals surface area contributed by atoms with Crippen molar-refractivity contribution in [2.75, 3.05) is 12.4 Å². The average Bonchev–Trinajstić information content (AvgIpc) is 3.30. The van der Waals surface area contributed by atoms with E-state index >= 15 is 0 Å². The van der Waals surface area contributed by atoms with Crippen LogP contribution in [0.5, 0.6) is 5.75 Å². The molecule has 3 aromatic carbocycles. The summed E-state index contributed by atoms with van der Waals surface area (Å²) in [5.41, 5.74) is 2.19. The number of fused-ring (bicyclic) bond motifs is 3. The van der Waals surface area contributed by atoms with Gasteiger partial charge in [0.05, 0.1) is 29.8 Å². The minimum absolute atomic E-state index is 0.135. The first kappa shape index (κ1) is 22.7. The Labute approximate surface area is 205 Å². The maximum atomic E-state index is 13.3. The molecule has 0 radical (unpaired) electrons. The largest absolute Gasteiger partial charge is 0.497 e. The van der Waals surface area contributed by atoms with Crippen LogP contribution in [0.25, 0.3) is 16.7 Å². The molecule has 35 heavy (non-hydrogen) atoms. The number of hydrogen-bond acceptors (Lipinski definition) is 6. The molecule has 2 aromatic heterocycles. The molecule has 5 rings (SSSR count). The van der Waals surface area contributed by atoms with Gasteiger partial charge in [-0.2, -0.15) is 0 Å². The smallest absolute Gasteiger partial charge is 0.263 e. The average molecular weight is 486 g/mol. The fourth-order valence-corrected chi connectivity index (χ4v) is 4.73. The van der Waals surface area contributed by atoms with Gasteiger partial charge in [0.15, 0.2) is 5.16 Å². The summed E-state index contributed by atoms with van der Waals surface area (Å²) < 4.78 is 8.70. The Morgan fingerprint density at radius 3 is 2.60 bits per heavy atom. The van der Waals surface area contributed by atoms with Gasteiger partial charge in [-0.1, -0.05) is 60.3 Å². The van der Waals surface area contributed by atoms with E-state index in [9.17, 15) is 9.59 Å². The highest BCUT2D eigenvalue weighted by Crippen LogP contribution is 2.26. The summed E-state index contributed by atoms with van der Waals surface area (Å²) in [6.07, 6.45) is 0. The van der Waals surface area contributed by atoms with Crippen LogP contribution in [-0.2, 0) is 11.3 Å². The van der Waals surface area contributed by atoms with E-state index in [-0.39, 0.29) is 11.5 Å². The van der Waals surface area contributed by atoms with E-state index in [0.717, 1.165) is 5.56 Å². The van der Waals surface area contributed by atoms with Crippen molar-refractivity contribution in [3.05, 3.63) is 94.8 Å². The van der Waals surface area contributed by atoms with Gasteiger partial charge in [0.25, 0.3) is 5.56 Å². The molecule has 0 aliphatic rings. The van der Waals surface area contributed by atoms with Gasteiger partial charge in [-0.15, -0.1) is 10.2 Å². The van der Waals surface area contributed by atoms with E-state index in [1.807, 2.05) is 72.0 Å². The van der Waals surface area contributed by atoms with Crippen LogP contribution in [0.2, 0.25) is 0 Å². The number of benzene rings is 3. The number of amides is 1. The number of nitrogens with one attached hydrogen (secondary N) is 1. The number of hydrogen-bond donors (Lipinski definition) is 1. The van der Waals surface area contributed by atoms with Crippen LogP contribution >= 0.6 is 11.8 Å². The maximum Gasteiger partial charge on any atom is 0.263 e. The van der Waals surface area contributed by atoms with Crippen molar-refractivity contribution in [2.24, 2.45) is 0 Å². The van der Waals surface area contributed by atoms with Crippen LogP contribution < -0.4 is 15.6 Å². The molecule has 0 aliphatic heterocycles. The maximum absolute atomic E-state index is 13.3. The third kappa shape index (κ3) is 4.50. The van der Waals surface area contributed by atoms with Crippen LogP contribution in [-0.4, -0.2) is 37.4 Å². The molecule has 0 bridgehead atoms. The third-order valence-electron chi connectivity index (χ3n) is 5.65. The summed E-state index contributed by atoms with van der Waals surface area (Å²) in [7, 11) is 1.58. The molecule has 0 saturated carbocycles. The zero-order valence-electron chi connectivity index (χ0n) is 19.2. The van der Waals surface area contributed by atoms with Gasteiger partial charge in [0, 0.05) is 11.8 Å². The van der Waals surface area contributed by atoms with Crippen molar-refractivity contribution in [1.29, 1.82) is 0 Å². The minimum Gasteiger partial charge on any atom is -0.497 e. The number of para-hydroxylation sites is 1. The lowest BCUT2D eigenvalue weighted by Crippen LogP contribution is -2.24. The van der Waals surface area contributed by atoms with Crippen LogP contribution in [0.15, 0.2) is 88.8 Å². The number of nitrogens with zero attached hydrogens (tertiary/aromatic N) is 4. The first-order chi connectivity index (χ1) is 17.0. The molecule has 2 heterocycles. The molecule has 176 valence electrons. The number of rotatable bonds is 7. The predicted molar refractivity (Wildman–Crippen MR) is 137 cm³/mol. The van der Waals surface area contributed by atoms with Crippen molar-refractivity contribution in [3.8, 4) is 5.75 Å². The van der Waals surface area contributed by atoms with Crippen molar-refractivity contribution in [1.82, 2.24) is 19.2 Å². The number of thioether (sulfide) groups is 1. The Morgan fingerprint density at radius 1 is 1.03 bits per heavy atom. The summed E-state index contributed by atoms with van der Waals surface area (Å²) in [6, 6.07) is 24.3. The Hall–Kier alpha value is -4.11. The second kappa shape index (κ2) is 9.63. The Balaban J connectivity index is 1.51. The summed E-state index contributed by atoms with van der Waals surface area (Å²) in [5.74, 6) is 0.914. The van der Waals surface area contributed by atoms with Gasteiger partial charge in [0.1, 0.15) is 5.75 Å². The molecular formula is C26H23N5O3S. The molecule has 1 amide bonds. The highest BCUT2D eigenvalue weighted by molar-refractivity contribution is 8.00. The van der Waals surface area contributed by atoms with Crippen molar-refractivity contribution in [2.45, 2.75) is 23.9 Å². The second-order valence-electron chi connectivity index (χ2n) is 7.99. The summed E-state index contributed by atoms with van der Waals surface area (Å²) >= 11 is 1.28. The third-order valence-corrected chi connectivity index (χ3v) is 6.69. The van der Waals surface area contributed by atoms with Gasteiger partial charge in [-0.05, 0) is 36.8 Å². The molecule has 0 spiro atoms. The van der Waals surface area contributed by atoms with Crippen LogP contribution in [0.1, 0.15) is 12.5 Å². The minimum atomic E-state index is -0.470. The van der Waals surface area contributed by atoms with Gasteiger partial charge in [-0.25, -0.2) is 0 Å². The van der Waals surface area contributed by atoms with E-state index in [1.54, 1.807) is 29.9 Å². The molecule has 0 fully saturated rings. The van der Waals surface area contributed by atoms with E-state index < -0.39 is 5.25 Å². The van der Waals surface area contributed by atoms with Crippen molar-refractivity contribution >= 4 is 40.0 Å². The van der Waals surface area contributed by atoms with Gasteiger partial charge in [-0.3, -0.25) is 18.6 Å². The highest BCUT2D eigenvalue weighted by atomic mass is 32.2. The summed E-state index contributed by atoms with van der Waals surface area (Å²) in [6.45, 7) is 2.17. The molecule has 1 N–H and O–H groups in total. The van der Waals surface area contributed by atoms with E-state index in [4.69, 9.17) is 4.74 Å². The molecule has 0 saturated heterocycles. The molecular weight excluding hydrogens is 462 g/mol. The van der Waals surface area contributed by atoms with E-state index in [2.05, 4.69) is 15.5 Å². The molecule has 0 aliphatic carbocycles. The van der Waals surface area contributed by atoms with E-state index in [0.29, 0.717) is 39.8 Å². The lowest BCUT2D eigenvalue weighted by atomic mass is 10.2. The molecule has 9 heteroatoms. The van der Waals surface area contributed by atoms with Crippen LogP contribution in [0.4, 0.5) is 5.69 Å². The number of anilines is 1. The Bertz CT molecular complexity index is 1580. The predicted octanol–water partition coefficient (Wildman–Crippen LogP) is 4.22. The molecule has 8 nitrogen and oxygen atoms in total. The van der Waals surface area contributed by atoms with Gasteiger partial charge in [0.2, 0.25) is 11.7 Å². The topological polar surface area (TPSA) is 90.5 Å². The SMILES string of the molecule is COc1cccc(NC(=O)C(C)Sc2nnc3n(Cc4ccccc4)c(=O)c4ccccc4n23)c1. The summed E-state index contributed by atoms with van der Waals surface area (Å²) in [4.78, 5) is 26.3. The standard InChI is InChI=1S/C26H23N5O3S/c1-17(23(32)27-19-11-8-12-20(15-19)34-2)35-26-29-28-25-30(16-18-9-4-3-5-10-18)24(33)21-13-6-7-14-22(21)31(25)26/h3-15,17H,16H2,1-2H3,(H,27,32). The molecule has 1 unspecified atom stereocenters. The fourth-order valence-electron chi connectivity index (χ4n) is 3.87. The van der Waals surface area contributed by atoms with Gasteiger partial charge < -0.3 is 10.1 Å². The lowest BCUT2D eigenvalue weighted by Gasteiger charge is -2.14. The first-order valence-corrected chi connectivity index (χ1v) is 12.0. The number of ether oxygens (including phenoxy) is 1. The highest BCUT2D eigenvalue weighted by Gasteiger charge is 2.22. The number of methoxy groups -OCH3 is 1. The zero-order chi connectivity index (χ0) is 24.4. The number of carbonyl (C=O) groups is 1. The number of carbonyl (C=O) groups excluding carboxylic acids is 1. The van der Waals surface area contributed by atoms with Crippen molar-refractivity contribution < 1.29 is 9.53 Å². The van der Waals surface area contributed by atoms with Crippen molar-refractivity contribution in [3.63, 3.8) is 0 Å². The first-order valence-electron chi connectivity index (χ1n) is 11.1. The number of aromatic nitrogens is 4. The molecule has 1 atom stereocenters. The quantitative estimate of drug-likeness (QED) is 0.347. The summed E-state index contributed by atoms with van der Waals surface area (Å²) in [5, 5.41) is 12.3. The second-order valence-corrected chi connectivity index (χ2v) is 9.30.